The molecule has 3 unspecified atom stereocenters. The number of rotatable bonds is 3. The summed E-state index contributed by atoms with van der Waals surface area (Å²) in [4.78, 5) is 12.1. The molecule has 0 saturated heterocycles. The molecular weight excluding hydrogens is 348 g/mol. The molecule has 1 aliphatic heterocycles. The van der Waals surface area contributed by atoms with Crippen molar-refractivity contribution in [3.63, 3.8) is 0 Å². The van der Waals surface area contributed by atoms with Gasteiger partial charge in [0.1, 0.15) is 5.75 Å². The number of allylic oxidation sites excluding steroid dienone is 2. The summed E-state index contributed by atoms with van der Waals surface area (Å²) in [6.45, 7) is 0. The zero-order valence-electron chi connectivity index (χ0n) is 15.7. The zero-order chi connectivity index (χ0) is 19.3. The predicted molar refractivity (Wildman–Crippen MR) is 112 cm³/mol. The van der Waals surface area contributed by atoms with E-state index in [-0.39, 0.29) is 12.0 Å². The molecule has 28 heavy (non-hydrogen) atoms. The first kappa shape index (κ1) is 16.9. The van der Waals surface area contributed by atoms with Gasteiger partial charge in [-0.3, -0.25) is 4.79 Å². The lowest BCUT2D eigenvalue weighted by molar-refractivity contribution is 0.100. The number of anilines is 1. The predicted octanol–water partition coefficient (Wildman–Crippen LogP) is 4.77. The van der Waals surface area contributed by atoms with Crippen LogP contribution >= 0.6 is 0 Å². The molecule has 5 rings (SSSR count). The third-order valence-electron chi connectivity index (χ3n) is 6.12. The van der Waals surface area contributed by atoms with Gasteiger partial charge in [0, 0.05) is 11.5 Å². The number of carbonyl (C=O) groups excluding carboxylic acids is 1. The maximum absolute atomic E-state index is 12.1. The van der Waals surface area contributed by atoms with Gasteiger partial charge in [0.15, 0.2) is 0 Å². The van der Waals surface area contributed by atoms with Gasteiger partial charge in [0.25, 0.3) is 5.91 Å². The molecule has 0 aromatic heterocycles. The Kier molecular flexibility index (Phi) is 3.86. The number of carbonyl (C=O) groups is 1. The summed E-state index contributed by atoms with van der Waals surface area (Å²) in [6.07, 6.45) is 5.49. The van der Waals surface area contributed by atoms with Crippen LogP contribution in [0.25, 0.3) is 10.8 Å². The standard InChI is InChI=1S/C24H22N2O2/c1-28-20-13-12-14-6-2-3-7-15(14)21(20)23-18-10-4-8-16(18)17-9-5-11-19(24(25)27)22(17)26-23/h2-9,11-13,16,18,23,26H,10H2,1H3,(H2,25,27). The van der Waals surface area contributed by atoms with Gasteiger partial charge in [-0.2, -0.15) is 0 Å². The van der Waals surface area contributed by atoms with Crippen LogP contribution in [-0.4, -0.2) is 13.0 Å². The molecule has 2 aliphatic rings. The lowest BCUT2D eigenvalue weighted by atomic mass is 9.75. The number of primary amides is 1. The van der Waals surface area contributed by atoms with Gasteiger partial charge in [-0.05, 0) is 40.8 Å². The molecule has 0 bridgehead atoms. The number of hydrogen-bond acceptors (Lipinski definition) is 3. The summed E-state index contributed by atoms with van der Waals surface area (Å²) in [7, 11) is 1.71. The number of nitrogens with two attached hydrogens (primary N) is 1. The molecule has 3 aromatic rings. The first-order chi connectivity index (χ1) is 13.7. The van der Waals surface area contributed by atoms with Crippen LogP contribution in [0.4, 0.5) is 5.69 Å². The first-order valence-electron chi connectivity index (χ1n) is 9.60. The van der Waals surface area contributed by atoms with Crippen molar-refractivity contribution in [1.29, 1.82) is 0 Å². The van der Waals surface area contributed by atoms with Crippen molar-refractivity contribution in [1.82, 2.24) is 0 Å². The van der Waals surface area contributed by atoms with Crippen molar-refractivity contribution >= 4 is 22.4 Å². The van der Waals surface area contributed by atoms with E-state index in [9.17, 15) is 4.79 Å². The van der Waals surface area contributed by atoms with Crippen molar-refractivity contribution in [2.45, 2.75) is 18.4 Å². The van der Waals surface area contributed by atoms with E-state index in [2.05, 4.69) is 47.8 Å². The number of amides is 1. The molecule has 4 heteroatoms. The Morgan fingerprint density at radius 1 is 1.11 bits per heavy atom. The Balaban J connectivity index is 1.75. The van der Waals surface area contributed by atoms with Crippen molar-refractivity contribution in [3.8, 4) is 5.75 Å². The largest absolute Gasteiger partial charge is 0.496 e. The highest BCUT2D eigenvalue weighted by atomic mass is 16.5. The molecule has 4 nitrogen and oxygen atoms in total. The minimum atomic E-state index is -0.409. The van der Waals surface area contributed by atoms with Gasteiger partial charge < -0.3 is 15.8 Å². The highest BCUT2D eigenvalue weighted by Crippen LogP contribution is 2.53. The average molecular weight is 370 g/mol. The van der Waals surface area contributed by atoms with E-state index in [1.807, 2.05) is 18.2 Å². The molecule has 0 fully saturated rings. The Hall–Kier alpha value is -3.27. The molecule has 1 amide bonds. The second-order valence-corrected chi connectivity index (χ2v) is 7.51. The smallest absolute Gasteiger partial charge is 0.250 e. The maximum atomic E-state index is 12.1. The van der Waals surface area contributed by atoms with E-state index < -0.39 is 5.91 Å². The van der Waals surface area contributed by atoms with Gasteiger partial charge in [-0.1, -0.05) is 54.6 Å². The van der Waals surface area contributed by atoms with Crippen LogP contribution in [-0.2, 0) is 0 Å². The molecule has 1 heterocycles. The minimum Gasteiger partial charge on any atom is -0.496 e. The molecule has 3 N–H and O–H groups in total. The molecule has 0 saturated carbocycles. The number of ether oxygens (including phenoxy) is 1. The summed E-state index contributed by atoms with van der Waals surface area (Å²) in [6, 6.07) is 18.3. The van der Waals surface area contributed by atoms with Gasteiger partial charge in [-0.15, -0.1) is 0 Å². The summed E-state index contributed by atoms with van der Waals surface area (Å²) in [5.74, 6) is 1.06. The third kappa shape index (κ3) is 2.41. The van der Waals surface area contributed by atoms with Crippen LogP contribution in [0.2, 0.25) is 0 Å². The van der Waals surface area contributed by atoms with E-state index in [0.717, 1.165) is 29.0 Å². The second kappa shape index (κ2) is 6.41. The summed E-state index contributed by atoms with van der Waals surface area (Å²) in [5, 5.41) is 6.03. The van der Waals surface area contributed by atoms with Crippen LogP contribution < -0.4 is 15.8 Å². The minimum absolute atomic E-state index is 0.0223. The van der Waals surface area contributed by atoms with E-state index in [4.69, 9.17) is 10.5 Å². The maximum Gasteiger partial charge on any atom is 0.250 e. The third-order valence-corrected chi connectivity index (χ3v) is 6.12. The van der Waals surface area contributed by atoms with Gasteiger partial charge in [0.05, 0.1) is 24.4 Å². The quantitative estimate of drug-likeness (QED) is 0.653. The number of benzene rings is 3. The number of methoxy groups -OCH3 is 1. The van der Waals surface area contributed by atoms with Crippen LogP contribution in [0.1, 0.15) is 39.9 Å². The molecule has 1 aliphatic carbocycles. The Bertz CT molecular complexity index is 1120. The normalized spacial score (nSPS) is 22.4. The fourth-order valence-corrected chi connectivity index (χ4v) is 4.89. The number of para-hydroxylation sites is 1. The molecule has 140 valence electrons. The van der Waals surface area contributed by atoms with E-state index >= 15 is 0 Å². The number of fused-ring (bicyclic) bond motifs is 4. The molecule has 3 aromatic carbocycles. The van der Waals surface area contributed by atoms with E-state index in [0.29, 0.717) is 11.5 Å². The fourth-order valence-electron chi connectivity index (χ4n) is 4.89. The van der Waals surface area contributed by atoms with Crippen molar-refractivity contribution in [3.05, 3.63) is 83.4 Å². The molecular formula is C24H22N2O2. The van der Waals surface area contributed by atoms with Gasteiger partial charge >= 0.3 is 0 Å². The molecule has 3 atom stereocenters. The Morgan fingerprint density at radius 2 is 1.96 bits per heavy atom. The zero-order valence-corrected chi connectivity index (χ0v) is 15.7. The first-order valence-corrected chi connectivity index (χ1v) is 9.60. The van der Waals surface area contributed by atoms with E-state index in [1.54, 1.807) is 13.2 Å². The van der Waals surface area contributed by atoms with Crippen LogP contribution in [0.3, 0.4) is 0 Å². The summed E-state index contributed by atoms with van der Waals surface area (Å²) in [5.41, 5.74) is 9.36. The number of hydrogen-bond donors (Lipinski definition) is 2. The van der Waals surface area contributed by atoms with Crippen LogP contribution in [0.5, 0.6) is 5.75 Å². The highest BCUT2D eigenvalue weighted by molar-refractivity contribution is 6.00. The second-order valence-electron chi connectivity index (χ2n) is 7.51. The SMILES string of the molecule is COc1ccc2ccccc2c1C1Nc2c(C(N)=O)cccc2C2C=CCC21. The summed E-state index contributed by atoms with van der Waals surface area (Å²) >= 11 is 0. The Morgan fingerprint density at radius 3 is 2.79 bits per heavy atom. The average Bonchev–Trinajstić information content (AvgIpc) is 3.22. The number of nitrogens with one attached hydrogen (secondary N) is 1. The van der Waals surface area contributed by atoms with Gasteiger partial charge in [0.2, 0.25) is 0 Å². The van der Waals surface area contributed by atoms with Crippen LogP contribution in [0.15, 0.2) is 66.7 Å². The molecule has 0 spiro atoms. The lowest BCUT2D eigenvalue weighted by Crippen LogP contribution is -2.31. The molecule has 0 radical (unpaired) electrons. The van der Waals surface area contributed by atoms with Gasteiger partial charge in [-0.25, -0.2) is 0 Å². The lowest BCUT2D eigenvalue weighted by Gasteiger charge is -2.39. The topological polar surface area (TPSA) is 64.3 Å². The van der Waals surface area contributed by atoms with Crippen LogP contribution in [0, 0.1) is 5.92 Å². The van der Waals surface area contributed by atoms with Crippen molar-refractivity contribution in [2.24, 2.45) is 11.7 Å². The van der Waals surface area contributed by atoms with Crippen molar-refractivity contribution in [2.75, 3.05) is 12.4 Å². The van der Waals surface area contributed by atoms with Crippen molar-refractivity contribution < 1.29 is 9.53 Å². The van der Waals surface area contributed by atoms with E-state index in [1.165, 1.54) is 10.8 Å². The monoisotopic (exact) mass is 370 g/mol. The fraction of sp³-hybridized carbons (Fsp3) is 0.208. The highest BCUT2D eigenvalue weighted by Gasteiger charge is 2.40. The Labute approximate surface area is 164 Å². The summed E-state index contributed by atoms with van der Waals surface area (Å²) < 4.78 is 5.77.